The molecule has 0 atom stereocenters. The number of hydrogen-bond donors (Lipinski definition) is 1. The third-order valence-electron chi connectivity index (χ3n) is 2.35. The summed E-state index contributed by atoms with van der Waals surface area (Å²) in [6.45, 7) is 1.94. The Balaban J connectivity index is 2.84. The largest absolute Gasteiger partial charge is 0.497 e. The third-order valence-corrected chi connectivity index (χ3v) is 2.98. The third kappa shape index (κ3) is 1.82. The number of nitrogens with zero attached hydrogens (tertiary/aromatic N) is 1. The second-order valence-corrected chi connectivity index (χ2v) is 4.22. The first-order valence-electron chi connectivity index (χ1n) is 4.92. The van der Waals surface area contributed by atoms with E-state index in [4.69, 9.17) is 4.74 Å². The zero-order chi connectivity index (χ0) is 11.7. The maximum atomic E-state index is 11.8. The lowest BCUT2D eigenvalue weighted by Crippen LogP contribution is -2.11. The molecule has 5 heteroatoms. The summed E-state index contributed by atoms with van der Waals surface area (Å²) in [7, 11) is 1.58. The highest BCUT2D eigenvalue weighted by atomic mass is 79.9. The van der Waals surface area contributed by atoms with Gasteiger partial charge in [-0.15, -0.1) is 0 Å². The highest BCUT2D eigenvalue weighted by molar-refractivity contribution is 9.10. The molecule has 0 aliphatic heterocycles. The van der Waals surface area contributed by atoms with Gasteiger partial charge in [0, 0.05) is 17.0 Å². The normalized spacial score (nSPS) is 10.7. The Hall–Kier alpha value is -1.36. The van der Waals surface area contributed by atoms with Crippen LogP contribution in [0.1, 0.15) is 12.7 Å². The molecule has 0 saturated carbocycles. The Kier molecular flexibility index (Phi) is 2.96. The van der Waals surface area contributed by atoms with Crippen molar-refractivity contribution in [2.45, 2.75) is 13.3 Å². The van der Waals surface area contributed by atoms with Crippen molar-refractivity contribution in [3.63, 3.8) is 0 Å². The second-order valence-electron chi connectivity index (χ2n) is 3.37. The van der Waals surface area contributed by atoms with E-state index >= 15 is 0 Å². The predicted octanol–water partition coefficient (Wildman–Crippen LogP) is 2.26. The van der Waals surface area contributed by atoms with Crippen LogP contribution in [0.4, 0.5) is 0 Å². The van der Waals surface area contributed by atoms with Gasteiger partial charge in [-0.05, 0) is 22.0 Å². The second kappa shape index (κ2) is 4.25. The van der Waals surface area contributed by atoms with E-state index in [1.807, 2.05) is 6.92 Å². The van der Waals surface area contributed by atoms with Gasteiger partial charge in [0.1, 0.15) is 11.6 Å². The summed E-state index contributed by atoms with van der Waals surface area (Å²) in [5, 5.41) is 0.554. The topological polar surface area (TPSA) is 55.0 Å². The summed E-state index contributed by atoms with van der Waals surface area (Å²) in [5.74, 6) is 1.36. The minimum absolute atomic E-state index is 0.128. The number of aromatic nitrogens is 2. The SMILES string of the molecule is CCc1nc2cc(OC)cc(Br)c2c(=O)[nH]1. The molecule has 0 radical (unpaired) electrons. The first-order chi connectivity index (χ1) is 7.65. The molecule has 1 N–H and O–H groups in total. The van der Waals surface area contributed by atoms with Crippen LogP contribution in [-0.4, -0.2) is 17.1 Å². The van der Waals surface area contributed by atoms with E-state index in [1.165, 1.54) is 0 Å². The van der Waals surface area contributed by atoms with Crippen LogP contribution >= 0.6 is 15.9 Å². The van der Waals surface area contributed by atoms with Gasteiger partial charge in [0.25, 0.3) is 5.56 Å². The van der Waals surface area contributed by atoms with E-state index in [2.05, 4.69) is 25.9 Å². The maximum Gasteiger partial charge on any atom is 0.259 e. The zero-order valence-electron chi connectivity index (χ0n) is 9.00. The number of methoxy groups -OCH3 is 1. The quantitative estimate of drug-likeness (QED) is 0.919. The Morgan fingerprint density at radius 3 is 2.88 bits per heavy atom. The van der Waals surface area contributed by atoms with Crippen LogP contribution in [0.15, 0.2) is 21.4 Å². The molecule has 2 aromatic rings. The van der Waals surface area contributed by atoms with Crippen LogP contribution < -0.4 is 10.3 Å². The number of halogens is 1. The van der Waals surface area contributed by atoms with E-state index in [0.29, 0.717) is 33.4 Å². The molecule has 4 nitrogen and oxygen atoms in total. The summed E-state index contributed by atoms with van der Waals surface area (Å²) < 4.78 is 5.83. The van der Waals surface area contributed by atoms with Crippen LogP contribution in [-0.2, 0) is 6.42 Å². The summed E-state index contributed by atoms with van der Waals surface area (Å²) in [5.41, 5.74) is 0.517. The van der Waals surface area contributed by atoms with Gasteiger partial charge in [-0.25, -0.2) is 4.98 Å². The average molecular weight is 283 g/mol. The summed E-state index contributed by atoms with van der Waals surface area (Å²) in [4.78, 5) is 18.9. The van der Waals surface area contributed by atoms with Crippen LogP contribution in [0, 0.1) is 0 Å². The van der Waals surface area contributed by atoms with Crippen molar-refractivity contribution in [3.05, 3.63) is 32.8 Å². The van der Waals surface area contributed by atoms with E-state index in [9.17, 15) is 4.79 Å². The van der Waals surface area contributed by atoms with Gasteiger partial charge >= 0.3 is 0 Å². The molecule has 0 fully saturated rings. The van der Waals surface area contributed by atoms with Gasteiger partial charge in [-0.2, -0.15) is 0 Å². The smallest absolute Gasteiger partial charge is 0.259 e. The van der Waals surface area contributed by atoms with Crippen LogP contribution in [0.25, 0.3) is 10.9 Å². The van der Waals surface area contributed by atoms with Crippen molar-refractivity contribution in [2.75, 3.05) is 7.11 Å². The number of ether oxygens (including phenoxy) is 1. The van der Waals surface area contributed by atoms with Crippen molar-refractivity contribution < 1.29 is 4.74 Å². The van der Waals surface area contributed by atoms with Crippen molar-refractivity contribution in [2.24, 2.45) is 0 Å². The highest BCUT2D eigenvalue weighted by Gasteiger charge is 2.08. The molecule has 0 unspecified atom stereocenters. The average Bonchev–Trinajstić information content (AvgIpc) is 2.27. The van der Waals surface area contributed by atoms with Crippen molar-refractivity contribution in [3.8, 4) is 5.75 Å². The van der Waals surface area contributed by atoms with Crippen molar-refractivity contribution >= 4 is 26.8 Å². The van der Waals surface area contributed by atoms with E-state index < -0.39 is 0 Å². The number of aryl methyl sites for hydroxylation is 1. The summed E-state index contributed by atoms with van der Waals surface area (Å²) >= 11 is 3.35. The van der Waals surface area contributed by atoms with Gasteiger partial charge in [-0.3, -0.25) is 4.79 Å². The Morgan fingerprint density at radius 1 is 1.50 bits per heavy atom. The Labute approximate surface area is 101 Å². The molecule has 0 saturated heterocycles. The molecule has 1 aromatic carbocycles. The standard InChI is InChI=1S/C11H11BrN2O2/c1-3-9-13-8-5-6(16-2)4-7(12)10(8)11(15)14-9/h4-5H,3H2,1-2H3,(H,13,14,15). The molecule has 2 rings (SSSR count). The fourth-order valence-corrected chi connectivity index (χ4v) is 2.14. The molecule has 0 bridgehead atoms. The van der Waals surface area contributed by atoms with Crippen LogP contribution in [0.2, 0.25) is 0 Å². The van der Waals surface area contributed by atoms with Gasteiger partial charge < -0.3 is 9.72 Å². The van der Waals surface area contributed by atoms with Crippen LogP contribution in [0.5, 0.6) is 5.75 Å². The monoisotopic (exact) mass is 282 g/mol. The van der Waals surface area contributed by atoms with Gasteiger partial charge in [0.15, 0.2) is 0 Å². The molecule has 0 aliphatic carbocycles. The summed E-state index contributed by atoms with van der Waals surface area (Å²) in [6.07, 6.45) is 0.694. The molecule has 1 heterocycles. The molecule has 0 aliphatic rings. The molecule has 0 spiro atoms. The van der Waals surface area contributed by atoms with E-state index in [-0.39, 0.29) is 5.56 Å². The molecule has 16 heavy (non-hydrogen) atoms. The van der Waals surface area contributed by atoms with Crippen molar-refractivity contribution in [1.82, 2.24) is 9.97 Å². The highest BCUT2D eigenvalue weighted by Crippen LogP contribution is 2.25. The molecular weight excluding hydrogens is 272 g/mol. The zero-order valence-corrected chi connectivity index (χ0v) is 10.6. The summed E-state index contributed by atoms with van der Waals surface area (Å²) in [6, 6.07) is 3.51. The van der Waals surface area contributed by atoms with Crippen molar-refractivity contribution in [1.29, 1.82) is 0 Å². The first kappa shape index (κ1) is 11.1. The van der Waals surface area contributed by atoms with Gasteiger partial charge in [0.05, 0.1) is 18.0 Å². The number of hydrogen-bond acceptors (Lipinski definition) is 3. The van der Waals surface area contributed by atoms with Crippen LogP contribution in [0.3, 0.4) is 0 Å². The molecular formula is C11H11BrN2O2. The molecule has 0 amide bonds. The molecule has 84 valence electrons. The minimum atomic E-state index is -0.128. The van der Waals surface area contributed by atoms with E-state index in [0.717, 1.165) is 0 Å². The Morgan fingerprint density at radius 2 is 2.25 bits per heavy atom. The fourth-order valence-electron chi connectivity index (χ4n) is 1.53. The molecule has 1 aromatic heterocycles. The number of rotatable bonds is 2. The number of nitrogens with one attached hydrogen (secondary N) is 1. The van der Waals surface area contributed by atoms with E-state index in [1.54, 1.807) is 19.2 Å². The number of H-pyrrole nitrogens is 1. The van der Waals surface area contributed by atoms with Gasteiger partial charge in [-0.1, -0.05) is 6.92 Å². The lowest BCUT2D eigenvalue weighted by Gasteiger charge is -2.05. The number of benzene rings is 1. The number of aromatic amines is 1. The minimum Gasteiger partial charge on any atom is -0.497 e. The maximum absolute atomic E-state index is 11.8. The lowest BCUT2D eigenvalue weighted by atomic mass is 10.2. The number of fused-ring (bicyclic) bond motifs is 1. The Bertz CT molecular complexity index is 587. The predicted molar refractivity (Wildman–Crippen MR) is 66.0 cm³/mol. The lowest BCUT2D eigenvalue weighted by molar-refractivity contribution is 0.415. The first-order valence-corrected chi connectivity index (χ1v) is 5.71. The van der Waals surface area contributed by atoms with Gasteiger partial charge in [0.2, 0.25) is 0 Å². The fraction of sp³-hybridized carbons (Fsp3) is 0.273.